The SMILES string of the molecule is COc1ccc(C(=O)c2oc3cc(NC(=O)c4ccc(Cl)nc4Cl)ccc3c2C)cc1. The first-order chi connectivity index (χ1) is 14.9. The van der Waals surface area contributed by atoms with Crippen LogP contribution in [0.3, 0.4) is 0 Å². The fourth-order valence-electron chi connectivity index (χ4n) is 3.17. The van der Waals surface area contributed by atoms with Crippen LogP contribution in [-0.4, -0.2) is 23.8 Å². The largest absolute Gasteiger partial charge is 0.497 e. The van der Waals surface area contributed by atoms with Crippen LogP contribution in [0.5, 0.6) is 5.75 Å². The summed E-state index contributed by atoms with van der Waals surface area (Å²) in [6, 6.07) is 14.9. The molecule has 0 spiro atoms. The lowest BCUT2D eigenvalue weighted by molar-refractivity contribution is 0.101. The van der Waals surface area contributed by atoms with E-state index >= 15 is 0 Å². The zero-order valence-electron chi connectivity index (χ0n) is 16.5. The van der Waals surface area contributed by atoms with Gasteiger partial charge in [0.25, 0.3) is 5.91 Å². The van der Waals surface area contributed by atoms with Crippen molar-refractivity contribution in [1.29, 1.82) is 0 Å². The minimum absolute atomic E-state index is 0.00676. The summed E-state index contributed by atoms with van der Waals surface area (Å²) in [5.41, 5.74) is 2.37. The molecule has 1 N–H and O–H groups in total. The first-order valence-electron chi connectivity index (χ1n) is 9.22. The molecule has 0 aliphatic rings. The molecule has 6 nitrogen and oxygen atoms in total. The Balaban J connectivity index is 1.62. The highest BCUT2D eigenvalue weighted by Gasteiger charge is 2.20. The van der Waals surface area contributed by atoms with Gasteiger partial charge >= 0.3 is 0 Å². The van der Waals surface area contributed by atoms with Crippen molar-refractivity contribution in [2.45, 2.75) is 6.92 Å². The predicted molar refractivity (Wildman–Crippen MR) is 120 cm³/mol. The van der Waals surface area contributed by atoms with Crippen molar-refractivity contribution in [3.8, 4) is 5.75 Å². The van der Waals surface area contributed by atoms with Gasteiger partial charge in [-0.3, -0.25) is 9.59 Å². The Kier molecular flexibility index (Phi) is 5.67. The fourth-order valence-corrected chi connectivity index (χ4v) is 3.60. The number of rotatable bonds is 5. The number of hydrogen-bond donors (Lipinski definition) is 1. The minimum atomic E-state index is -0.439. The van der Waals surface area contributed by atoms with Gasteiger partial charge in [0, 0.05) is 28.3 Å². The molecule has 0 radical (unpaired) electrons. The van der Waals surface area contributed by atoms with Crippen molar-refractivity contribution in [3.05, 3.63) is 87.4 Å². The maximum Gasteiger partial charge on any atom is 0.258 e. The molecule has 0 atom stereocenters. The molecule has 0 bridgehead atoms. The van der Waals surface area contributed by atoms with E-state index < -0.39 is 5.91 Å². The Labute approximate surface area is 187 Å². The van der Waals surface area contributed by atoms with E-state index in [0.29, 0.717) is 22.6 Å². The fraction of sp³-hybridized carbons (Fsp3) is 0.0870. The third kappa shape index (κ3) is 4.13. The summed E-state index contributed by atoms with van der Waals surface area (Å²) >= 11 is 11.8. The number of nitrogens with one attached hydrogen (secondary N) is 1. The number of benzene rings is 2. The van der Waals surface area contributed by atoms with E-state index in [2.05, 4.69) is 10.3 Å². The summed E-state index contributed by atoms with van der Waals surface area (Å²) in [6.07, 6.45) is 0. The second-order valence-electron chi connectivity index (χ2n) is 6.75. The Morgan fingerprint density at radius 2 is 1.77 bits per heavy atom. The van der Waals surface area contributed by atoms with Crippen molar-refractivity contribution in [2.24, 2.45) is 0 Å². The van der Waals surface area contributed by atoms with Crippen LogP contribution in [0.15, 0.2) is 59.0 Å². The van der Waals surface area contributed by atoms with Crippen LogP contribution in [0.4, 0.5) is 5.69 Å². The molecule has 8 heteroatoms. The second kappa shape index (κ2) is 8.41. The predicted octanol–water partition coefficient (Wildman–Crippen LogP) is 5.93. The molecule has 0 fully saturated rings. The summed E-state index contributed by atoms with van der Waals surface area (Å²) in [5.74, 6) is 0.232. The number of hydrogen-bond acceptors (Lipinski definition) is 5. The normalized spacial score (nSPS) is 10.8. The van der Waals surface area contributed by atoms with Gasteiger partial charge in [-0.1, -0.05) is 23.2 Å². The van der Waals surface area contributed by atoms with Crippen molar-refractivity contribution < 1.29 is 18.7 Å². The average molecular weight is 455 g/mol. The van der Waals surface area contributed by atoms with Crippen LogP contribution >= 0.6 is 23.2 Å². The first kappa shape index (κ1) is 20.9. The average Bonchev–Trinajstić information content (AvgIpc) is 3.09. The van der Waals surface area contributed by atoms with Crippen LogP contribution in [0.1, 0.15) is 32.0 Å². The van der Waals surface area contributed by atoms with Crippen molar-refractivity contribution in [3.63, 3.8) is 0 Å². The number of furan rings is 1. The molecule has 156 valence electrons. The molecule has 2 aromatic carbocycles. The van der Waals surface area contributed by atoms with Gasteiger partial charge in [0.1, 0.15) is 21.6 Å². The molecule has 0 aliphatic heterocycles. The van der Waals surface area contributed by atoms with Gasteiger partial charge in [-0.25, -0.2) is 4.98 Å². The van der Waals surface area contributed by atoms with Gasteiger partial charge in [0.15, 0.2) is 5.76 Å². The maximum atomic E-state index is 12.9. The number of aromatic nitrogens is 1. The number of pyridine rings is 1. The van der Waals surface area contributed by atoms with Gasteiger partial charge in [-0.15, -0.1) is 0 Å². The highest BCUT2D eigenvalue weighted by molar-refractivity contribution is 6.35. The maximum absolute atomic E-state index is 12.9. The van der Waals surface area contributed by atoms with E-state index in [4.69, 9.17) is 32.4 Å². The lowest BCUT2D eigenvalue weighted by Gasteiger charge is -2.06. The number of ketones is 1. The molecule has 4 rings (SSSR count). The van der Waals surface area contributed by atoms with Crippen molar-refractivity contribution in [2.75, 3.05) is 12.4 Å². The third-order valence-electron chi connectivity index (χ3n) is 4.81. The molecule has 4 aromatic rings. The van der Waals surface area contributed by atoms with Crippen LogP contribution in [0.25, 0.3) is 11.0 Å². The zero-order chi connectivity index (χ0) is 22.1. The smallest absolute Gasteiger partial charge is 0.258 e. The van der Waals surface area contributed by atoms with Crippen LogP contribution < -0.4 is 10.1 Å². The Morgan fingerprint density at radius 1 is 1.03 bits per heavy atom. The van der Waals surface area contributed by atoms with Gasteiger partial charge < -0.3 is 14.5 Å². The summed E-state index contributed by atoms with van der Waals surface area (Å²) in [5, 5.41) is 3.73. The Morgan fingerprint density at radius 3 is 2.45 bits per heavy atom. The highest BCUT2D eigenvalue weighted by atomic mass is 35.5. The van der Waals surface area contributed by atoms with E-state index in [1.807, 2.05) is 6.92 Å². The van der Waals surface area contributed by atoms with E-state index in [1.165, 1.54) is 12.1 Å². The molecule has 0 aliphatic carbocycles. The topological polar surface area (TPSA) is 81.4 Å². The highest BCUT2D eigenvalue weighted by Crippen LogP contribution is 2.30. The standard InChI is InChI=1S/C23H16Cl2N2O4/c1-12-16-8-5-14(26-23(29)17-9-10-19(24)27-22(17)25)11-18(16)31-21(12)20(28)13-3-6-15(30-2)7-4-13/h3-11H,1-2H3,(H,26,29). The number of halogens is 2. The van der Waals surface area contributed by atoms with E-state index in [-0.39, 0.29) is 27.4 Å². The Hall–Kier alpha value is -3.35. The quantitative estimate of drug-likeness (QED) is 0.298. The van der Waals surface area contributed by atoms with Crippen LogP contribution in [0.2, 0.25) is 10.3 Å². The number of carbonyl (C=O) groups excluding carboxylic acids is 2. The third-order valence-corrected chi connectivity index (χ3v) is 5.31. The van der Waals surface area contributed by atoms with Gasteiger partial charge in [-0.05, 0) is 55.5 Å². The summed E-state index contributed by atoms with van der Waals surface area (Å²) in [4.78, 5) is 29.3. The number of carbonyl (C=O) groups is 2. The molecule has 31 heavy (non-hydrogen) atoms. The second-order valence-corrected chi connectivity index (χ2v) is 7.50. The molecule has 0 saturated carbocycles. The number of anilines is 1. The van der Waals surface area contributed by atoms with Gasteiger partial charge in [0.2, 0.25) is 5.78 Å². The van der Waals surface area contributed by atoms with Gasteiger partial charge in [0.05, 0.1) is 12.7 Å². The lowest BCUT2D eigenvalue weighted by Crippen LogP contribution is -2.12. The van der Waals surface area contributed by atoms with Crippen LogP contribution in [-0.2, 0) is 0 Å². The molecule has 1 amide bonds. The minimum Gasteiger partial charge on any atom is -0.497 e. The summed E-state index contributed by atoms with van der Waals surface area (Å²) in [6.45, 7) is 1.82. The monoisotopic (exact) mass is 454 g/mol. The molecular formula is C23H16Cl2N2O4. The van der Waals surface area contributed by atoms with E-state index in [0.717, 1.165) is 10.9 Å². The summed E-state index contributed by atoms with van der Waals surface area (Å²) in [7, 11) is 1.56. The number of aryl methyl sites for hydroxylation is 1. The molecule has 0 unspecified atom stereocenters. The lowest BCUT2D eigenvalue weighted by atomic mass is 10.0. The van der Waals surface area contributed by atoms with Gasteiger partial charge in [-0.2, -0.15) is 0 Å². The Bertz CT molecular complexity index is 1310. The van der Waals surface area contributed by atoms with Crippen LogP contribution in [0, 0.1) is 6.92 Å². The van der Waals surface area contributed by atoms with E-state index in [9.17, 15) is 9.59 Å². The summed E-state index contributed by atoms with van der Waals surface area (Å²) < 4.78 is 11.0. The molecular weight excluding hydrogens is 439 g/mol. The number of nitrogens with zero attached hydrogens (tertiary/aromatic N) is 1. The molecule has 0 saturated heterocycles. The van der Waals surface area contributed by atoms with Crippen molar-refractivity contribution >= 4 is 51.5 Å². The first-order valence-corrected chi connectivity index (χ1v) is 9.98. The number of fused-ring (bicyclic) bond motifs is 1. The van der Waals surface area contributed by atoms with E-state index in [1.54, 1.807) is 49.6 Å². The number of methoxy groups -OCH3 is 1. The number of ether oxygens (including phenoxy) is 1. The molecule has 2 aromatic heterocycles. The zero-order valence-corrected chi connectivity index (χ0v) is 18.0. The molecule has 2 heterocycles. The number of amides is 1. The van der Waals surface area contributed by atoms with Crippen molar-refractivity contribution in [1.82, 2.24) is 4.98 Å².